The van der Waals surface area contributed by atoms with Gasteiger partial charge in [0.15, 0.2) is 6.29 Å². The zero-order chi connectivity index (χ0) is 11.4. The Morgan fingerprint density at radius 2 is 2.20 bits per heavy atom. The lowest BCUT2D eigenvalue weighted by molar-refractivity contribution is 0.0656. The van der Waals surface area contributed by atoms with Crippen molar-refractivity contribution in [2.75, 3.05) is 0 Å². The summed E-state index contributed by atoms with van der Waals surface area (Å²) in [7, 11) is 0. The maximum Gasteiger partial charge on any atom is 0.153 e. The van der Waals surface area contributed by atoms with Crippen molar-refractivity contribution in [2.24, 2.45) is 0 Å². The third kappa shape index (κ3) is 3.22. The van der Waals surface area contributed by atoms with Crippen LogP contribution in [0.1, 0.15) is 29.8 Å². The van der Waals surface area contributed by atoms with Crippen molar-refractivity contribution in [1.82, 2.24) is 0 Å². The van der Waals surface area contributed by atoms with Gasteiger partial charge in [0.05, 0.1) is 23.3 Å². The number of hydrogen-bond donors (Lipinski definition) is 1. The molecule has 1 N–H and O–H groups in total. The molecule has 0 aliphatic heterocycles. The quantitative estimate of drug-likeness (QED) is 0.807. The van der Waals surface area contributed by atoms with Crippen molar-refractivity contribution in [3.8, 4) is 5.75 Å². The van der Waals surface area contributed by atoms with Crippen LogP contribution in [-0.2, 0) is 11.3 Å². The zero-order valence-electron chi connectivity index (χ0n) is 8.66. The molecule has 0 saturated carbocycles. The van der Waals surface area contributed by atoms with E-state index in [1.165, 1.54) is 0 Å². The normalized spacial score (nSPS) is 10.7. The highest BCUT2D eigenvalue weighted by atomic mass is 35.5. The molecule has 0 saturated heterocycles. The van der Waals surface area contributed by atoms with Crippen LogP contribution in [0.5, 0.6) is 5.75 Å². The fourth-order valence-electron chi connectivity index (χ4n) is 1.11. The Bertz CT molecular complexity index is 361. The molecule has 0 heterocycles. The lowest BCUT2D eigenvalue weighted by atomic mass is 10.1. The first kappa shape index (κ1) is 12.0. The van der Waals surface area contributed by atoms with E-state index >= 15 is 0 Å². The molecule has 82 valence electrons. The Morgan fingerprint density at radius 3 is 2.73 bits per heavy atom. The highest BCUT2D eigenvalue weighted by Crippen LogP contribution is 2.28. The molecule has 0 amide bonds. The molecule has 0 aromatic heterocycles. The number of phenols is 1. The third-order valence-electron chi connectivity index (χ3n) is 1.86. The van der Waals surface area contributed by atoms with Gasteiger partial charge in [0, 0.05) is 0 Å². The second-order valence-corrected chi connectivity index (χ2v) is 3.90. The molecule has 0 atom stereocenters. The second kappa shape index (κ2) is 5.14. The van der Waals surface area contributed by atoms with Crippen molar-refractivity contribution >= 4 is 17.9 Å². The number of carbonyl (C=O) groups excluding carboxylic acids is 1. The van der Waals surface area contributed by atoms with E-state index in [1.54, 1.807) is 12.1 Å². The minimum absolute atomic E-state index is 0.109. The Morgan fingerprint density at radius 1 is 1.53 bits per heavy atom. The van der Waals surface area contributed by atoms with Crippen LogP contribution in [0.3, 0.4) is 0 Å². The van der Waals surface area contributed by atoms with Gasteiger partial charge in [-0.05, 0) is 31.5 Å². The molecular formula is C11H13ClO3. The molecule has 0 unspecified atom stereocenters. The van der Waals surface area contributed by atoms with Crippen LogP contribution in [0, 0.1) is 0 Å². The van der Waals surface area contributed by atoms with E-state index in [-0.39, 0.29) is 22.4 Å². The van der Waals surface area contributed by atoms with Gasteiger partial charge < -0.3 is 9.84 Å². The molecule has 0 radical (unpaired) electrons. The van der Waals surface area contributed by atoms with Gasteiger partial charge in [-0.2, -0.15) is 0 Å². The third-order valence-corrected chi connectivity index (χ3v) is 2.15. The molecule has 3 nitrogen and oxygen atoms in total. The lowest BCUT2D eigenvalue weighted by Gasteiger charge is -2.09. The summed E-state index contributed by atoms with van der Waals surface area (Å²) in [6.45, 7) is 4.21. The summed E-state index contributed by atoms with van der Waals surface area (Å²) in [5.41, 5.74) is 0.957. The number of hydrogen-bond acceptors (Lipinski definition) is 3. The fraction of sp³-hybridized carbons (Fsp3) is 0.364. The Hall–Kier alpha value is -1.06. The minimum atomic E-state index is -0.181. The average molecular weight is 229 g/mol. The standard InChI is InChI=1S/C11H13ClO3/c1-7(2)15-6-8-3-9(5-13)11(14)10(12)4-8/h3-5,7,14H,6H2,1-2H3. The number of ether oxygens (including phenoxy) is 1. The second-order valence-electron chi connectivity index (χ2n) is 3.49. The van der Waals surface area contributed by atoms with E-state index in [1.807, 2.05) is 13.8 Å². The van der Waals surface area contributed by atoms with Gasteiger partial charge in [-0.25, -0.2) is 0 Å². The summed E-state index contributed by atoms with van der Waals surface area (Å²) in [5.74, 6) is -0.181. The van der Waals surface area contributed by atoms with Crippen LogP contribution in [0.2, 0.25) is 5.02 Å². The maximum absolute atomic E-state index is 10.6. The van der Waals surface area contributed by atoms with Crippen molar-refractivity contribution in [2.45, 2.75) is 26.6 Å². The smallest absolute Gasteiger partial charge is 0.153 e. The average Bonchev–Trinajstić information content (AvgIpc) is 2.19. The van der Waals surface area contributed by atoms with Crippen LogP contribution < -0.4 is 0 Å². The van der Waals surface area contributed by atoms with Gasteiger partial charge >= 0.3 is 0 Å². The van der Waals surface area contributed by atoms with E-state index in [2.05, 4.69) is 0 Å². The van der Waals surface area contributed by atoms with Gasteiger partial charge in [0.2, 0.25) is 0 Å². The van der Waals surface area contributed by atoms with Crippen LogP contribution in [0.15, 0.2) is 12.1 Å². The van der Waals surface area contributed by atoms with Gasteiger partial charge in [-0.1, -0.05) is 11.6 Å². The Kier molecular flexibility index (Phi) is 4.12. The highest BCUT2D eigenvalue weighted by molar-refractivity contribution is 6.32. The molecule has 1 aromatic rings. The number of rotatable bonds is 4. The van der Waals surface area contributed by atoms with Crippen molar-refractivity contribution in [3.05, 3.63) is 28.3 Å². The van der Waals surface area contributed by atoms with Crippen molar-refractivity contribution in [3.63, 3.8) is 0 Å². The van der Waals surface area contributed by atoms with Gasteiger partial charge in [-0.3, -0.25) is 4.79 Å². The van der Waals surface area contributed by atoms with Crippen LogP contribution >= 0.6 is 11.6 Å². The van der Waals surface area contributed by atoms with E-state index in [9.17, 15) is 9.90 Å². The molecule has 4 heteroatoms. The highest BCUT2D eigenvalue weighted by Gasteiger charge is 2.08. The van der Waals surface area contributed by atoms with Crippen LogP contribution in [0.25, 0.3) is 0 Å². The molecule has 1 rings (SSSR count). The topological polar surface area (TPSA) is 46.5 Å². The van der Waals surface area contributed by atoms with Gasteiger partial charge in [0.25, 0.3) is 0 Å². The van der Waals surface area contributed by atoms with E-state index in [0.717, 1.165) is 5.56 Å². The maximum atomic E-state index is 10.6. The predicted molar refractivity (Wildman–Crippen MR) is 58.4 cm³/mol. The lowest BCUT2D eigenvalue weighted by Crippen LogP contribution is -2.02. The fourth-order valence-corrected chi connectivity index (χ4v) is 1.36. The number of aldehydes is 1. The van der Waals surface area contributed by atoms with Gasteiger partial charge in [-0.15, -0.1) is 0 Å². The minimum Gasteiger partial charge on any atom is -0.506 e. The van der Waals surface area contributed by atoms with Crippen molar-refractivity contribution in [1.29, 1.82) is 0 Å². The summed E-state index contributed by atoms with van der Waals surface area (Å²) in [5, 5.41) is 9.56. The molecule has 0 bridgehead atoms. The predicted octanol–water partition coefficient (Wildman–Crippen LogP) is 2.78. The first-order chi connectivity index (χ1) is 7.04. The zero-order valence-corrected chi connectivity index (χ0v) is 9.41. The molecule has 15 heavy (non-hydrogen) atoms. The summed E-state index contributed by atoms with van der Waals surface area (Å²) < 4.78 is 5.37. The van der Waals surface area contributed by atoms with Gasteiger partial charge in [0.1, 0.15) is 5.75 Å². The SMILES string of the molecule is CC(C)OCc1cc(Cl)c(O)c(C=O)c1. The molecular weight excluding hydrogens is 216 g/mol. The largest absolute Gasteiger partial charge is 0.506 e. The van der Waals surface area contributed by atoms with Crippen LogP contribution in [0.4, 0.5) is 0 Å². The van der Waals surface area contributed by atoms with Crippen LogP contribution in [-0.4, -0.2) is 17.5 Å². The Labute approximate surface area is 93.6 Å². The summed E-state index contributed by atoms with van der Waals surface area (Å²) in [6, 6.07) is 3.16. The number of carbonyl (C=O) groups is 1. The summed E-state index contributed by atoms with van der Waals surface area (Å²) in [6.07, 6.45) is 0.678. The summed E-state index contributed by atoms with van der Waals surface area (Å²) >= 11 is 5.75. The molecule has 1 aromatic carbocycles. The Balaban J connectivity index is 2.90. The van der Waals surface area contributed by atoms with E-state index in [0.29, 0.717) is 12.9 Å². The molecule has 0 aliphatic carbocycles. The number of halogens is 1. The van der Waals surface area contributed by atoms with E-state index in [4.69, 9.17) is 16.3 Å². The molecule has 0 aliphatic rings. The first-order valence-corrected chi connectivity index (χ1v) is 5.00. The monoisotopic (exact) mass is 228 g/mol. The number of benzene rings is 1. The number of phenolic OH excluding ortho intramolecular Hbond substituents is 1. The first-order valence-electron chi connectivity index (χ1n) is 4.62. The van der Waals surface area contributed by atoms with Crippen molar-refractivity contribution < 1.29 is 14.6 Å². The van der Waals surface area contributed by atoms with E-state index < -0.39 is 0 Å². The number of aromatic hydroxyl groups is 1. The molecule has 0 spiro atoms. The summed E-state index contributed by atoms with van der Waals surface area (Å²) in [4.78, 5) is 10.6. The molecule has 0 fully saturated rings.